The van der Waals surface area contributed by atoms with Crippen LogP contribution in [0.4, 0.5) is 10.5 Å². The number of carbonyl (C=O) groups is 1. The fourth-order valence-corrected chi connectivity index (χ4v) is 4.43. The average Bonchev–Trinajstić information content (AvgIpc) is 3.14. The molecule has 1 aromatic rings. The molecular weight excluding hydrogens is 344 g/mol. The molecule has 3 atom stereocenters. The number of piperidine rings is 1. The van der Waals surface area contributed by atoms with Crippen molar-refractivity contribution in [2.45, 2.75) is 31.0 Å². The zero-order valence-corrected chi connectivity index (χ0v) is 16.3. The summed E-state index contributed by atoms with van der Waals surface area (Å²) >= 11 is 0. The number of methoxy groups -OCH3 is 1. The Morgan fingerprint density at radius 1 is 1.26 bits per heavy atom. The number of anilines is 1. The van der Waals surface area contributed by atoms with E-state index in [1.54, 1.807) is 7.11 Å². The van der Waals surface area contributed by atoms with E-state index in [0.717, 1.165) is 57.1 Å². The van der Waals surface area contributed by atoms with E-state index in [0.29, 0.717) is 12.6 Å². The van der Waals surface area contributed by atoms with Crippen LogP contribution in [0.2, 0.25) is 0 Å². The van der Waals surface area contributed by atoms with Gasteiger partial charge in [-0.1, -0.05) is 6.07 Å². The van der Waals surface area contributed by atoms with Crippen LogP contribution in [0, 0.1) is 0 Å². The number of fused-ring (bicyclic) bond motifs is 1. The van der Waals surface area contributed by atoms with Gasteiger partial charge in [0.1, 0.15) is 5.75 Å². The van der Waals surface area contributed by atoms with Gasteiger partial charge in [0.2, 0.25) is 0 Å². The molecule has 148 valence electrons. The first-order valence-electron chi connectivity index (χ1n) is 9.90. The summed E-state index contributed by atoms with van der Waals surface area (Å²) in [5, 5.41) is 3.25. The molecule has 3 heterocycles. The molecular formula is C20H30N4O3. The molecule has 0 spiro atoms. The Morgan fingerprint density at radius 2 is 2.15 bits per heavy atom. The second-order valence-corrected chi connectivity index (χ2v) is 7.80. The minimum Gasteiger partial charge on any atom is -0.497 e. The normalized spacial score (nSPS) is 28.7. The molecule has 3 aliphatic rings. The molecule has 0 bridgehead atoms. The number of rotatable bonds is 3. The number of likely N-dealkylation sites (tertiary alicyclic amines) is 1. The monoisotopic (exact) mass is 374 g/mol. The second kappa shape index (κ2) is 7.94. The van der Waals surface area contributed by atoms with Crippen LogP contribution in [0.25, 0.3) is 0 Å². The summed E-state index contributed by atoms with van der Waals surface area (Å²) in [7, 11) is 3.81. The third-order valence-electron chi connectivity index (χ3n) is 6.03. The predicted octanol–water partition coefficient (Wildman–Crippen LogP) is 1.39. The summed E-state index contributed by atoms with van der Waals surface area (Å²) in [4.78, 5) is 19.4. The van der Waals surface area contributed by atoms with Crippen molar-refractivity contribution in [1.82, 2.24) is 15.1 Å². The summed E-state index contributed by atoms with van der Waals surface area (Å²) in [5.41, 5.74) is 1.15. The molecule has 27 heavy (non-hydrogen) atoms. The highest BCUT2D eigenvalue weighted by Gasteiger charge is 2.40. The van der Waals surface area contributed by atoms with Crippen LogP contribution in [0.3, 0.4) is 0 Å². The van der Waals surface area contributed by atoms with Gasteiger partial charge in [-0.25, -0.2) is 4.79 Å². The van der Waals surface area contributed by atoms with E-state index < -0.39 is 0 Å². The number of urea groups is 1. The van der Waals surface area contributed by atoms with Gasteiger partial charge in [0, 0.05) is 44.0 Å². The van der Waals surface area contributed by atoms with Crippen molar-refractivity contribution in [2.75, 3.05) is 58.4 Å². The lowest BCUT2D eigenvalue weighted by atomic mass is 10.0. The lowest BCUT2D eigenvalue weighted by Gasteiger charge is -2.35. The predicted molar refractivity (Wildman–Crippen MR) is 104 cm³/mol. The SMILES string of the molecule is COc1cccc(N2CCC[C@@H](NC(=O)N3C[C@H]4OCCN(C)[C@H]4C3)C2)c1. The highest BCUT2D eigenvalue weighted by molar-refractivity contribution is 5.75. The minimum atomic E-state index is 0.0406. The van der Waals surface area contributed by atoms with Crippen LogP contribution in [-0.4, -0.2) is 87.5 Å². The number of hydrogen-bond donors (Lipinski definition) is 1. The number of hydrogen-bond acceptors (Lipinski definition) is 5. The fourth-order valence-electron chi connectivity index (χ4n) is 4.43. The topological polar surface area (TPSA) is 57.3 Å². The van der Waals surface area contributed by atoms with Crippen LogP contribution in [0.1, 0.15) is 12.8 Å². The van der Waals surface area contributed by atoms with Crippen LogP contribution in [0.15, 0.2) is 24.3 Å². The average molecular weight is 374 g/mol. The molecule has 3 aliphatic heterocycles. The van der Waals surface area contributed by atoms with Gasteiger partial charge in [0.25, 0.3) is 0 Å². The van der Waals surface area contributed by atoms with Gasteiger partial charge < -0.3 is 24.6 Å². The maximum absolute atomic E-state index is 12.8. The quantitative estimate of drug-likeness (QED) is 0.867. The van der Waals surface area contributed by atoms with E-state index in [2.05, 4.69) is 34.3 Å². The van der Waals surface area contributed by atoms with Crippen molar-refractivity contribution < 1.29 is 14.3 Å². The number of nitrogens with one attached hydrogen (secondary N) is 1. The Bertz CT molecular complexity index is 670. The van der Waals surface area contributed by atoms with Crippen molar-refractivity contribution in [3.63, 3.8) is 0 Å². The van der Waals surface area contributed by atoms with Crippen molar-refractivity contribution in [1.29, 1.82) is 0 Å². The van der Waals surface area contributed by atoms with E-state index in [-0.39, 0.29) is 18.2 Å². The molecule has 1 aromatic carbocycles. The molecule has 2 amide bonds. The molecule has 1 N–H and O–H groups in total. The maximum Gasteiger partial charge on any atom is 0.317 e. The Morgan fingerprint density at radius 3 is 2.96 bits per heavy atom. The molecule has 0 radical (unpaired) electrons. The Hall–Kier alpha value is -1.99. The van der Waals surface area contributed by atoms with Gasteiger partial charge in [-0.05, 0) is 32.0 Å². The molecule has 0 saturated carbocycles. The Balaban J connectivity index is 1.34. The largest absolute Gasteiger partial charge is 0.497 e. The lowest BCUT2D eigenvalue weighted by molar-refractivity contribution is -0.0367. The van der Waals surface area contributed by atoms with E-state index in [1.165, 1.54) is 0 Å². The summed E-state index contributed by atoms with van der Waals surface area (Å²) in [6.45, 7) is 4.97. The first-order valence-corrected chi connectivity index (χ1v) is 9.90. The summed E-state index contributed by atoms with van der Waals surface area (Å²) in [6, 6.07) is 8.66. The number of benzene rings is 1. The van der Waals surface area contributed by atoms with E-state index in [1.807, 2.05) is 17.0 Å². The van der Waals surface area contributed by atoms with Crippen LogP contribution < -0.4 is 15.0 Å². The third kappa shape index (κ3) is 3.99. The first kappa shape index (κ1) is 18.4. The van der Waals surface area contributed by atoms with Crippen molar-refractivity contribution >= 4 is 11.7 Å². The van der Waals surface area contributed by atoms with Crippen molar-refractivity contribution in [3.05, 3.63) is 24.3 Å². The number of nitrogens with zero attached hydrogens (tertiary/aromatic N) is 3. The highest BCUT2D eigenvalue weighted by atomic mass is 16.5. The zero-order valence-electron chi connectivity index (χ0n) is 16.3. The van der Waals surface area contributed by atoms with Gasteiger partial charge >= 0.3 is 6.03 Å². The second-order valence-electron chi connectivity index (χ2n) is 7.80. The van der Waals surface area contributed by atoms with Crippen molar-refractivity contribution in [3.8, 4) is 5.75 Å². The molecule has 3 fully saturated rings. The summed E-state index contributed by atoms with van der Waals surface area (Å²) < 4.78 is 11.2. The smallest absolute Gasteiger partial charge is 0.317 e. The molecule has 0 unspecified atom stereocenters. The highest BCUT2D eigenvalue weighted by Crippen LogP contribution is 2.25. The van der Waals surface area contributed by atoms with Crippen LogP contribution in [0.5, 0.6) is 5.75 Å². The number of ether oxygens (including phenoxy) is 2. The molecule has 7 heteroatoms. The standard InChI is InChI=1S/C20H30N4O3/c1-22-9-10-27-19-14-24(13-18(19)22)20(25)21-15-5-4-8-23(12-15)16-6-3-7-17(11-16)26-2/h3,6-7,11,15,18-19H,4-5,8-10,12-14H2,1-2H3,(H,21,25)/t15-,18+,19-/m1/s1. The van der Waals surface area contributed by atoms with Gasteiger partial charge in [-0.2, -0.15) is 0 Å². The zero-order chi connectivity index (χ0) is 18.8. The first-order chi connectivity index (χ1) is 13.1. The Kier molecular flexibility index (Phi) is 5.41. The van der Waals surface area contributed by atoms with E-state index in [9.17, 15) is 4.79 Å². The number of carbonyl (C=O) groups excluding carboxylic acids is 1. The summed E-state index contributed by atoms with van der Waals surface area (Å²) in [6.07, 6.45) is 2.23. The van der Waals surface area contributed by atoms with Crippen LogP contribution in [-0.2, 0) is 4.74 Å². The summed E-state index contributed by atoms with van der Waals surface area (Å²) in [5.74, 6) is 0.863. The Labute approximate surface area is 161 Å². The van der Waals surface area contributed by atoms with Crippen LogP contribution >= 0.6 is 0 Å². The number of likely N-dealkylation sites (N-methyl/N-ethyl adjacent to an activating group) is 1. The van der Waals surface area contributed by atoms with E-state index in [4.69, 9.17) is 9.47 Å². The molecule has 7 nitrogen and oxygen atoms in total. The van der Waals surface area contributed by atoms with Gasteiger partial charge in [-0.15, -0.1) is 0 Å². The molecule has 0 aliphatic carbocycles. The molecule has 4 rings (SSSR count). The van der Waals surface area contributed by atoms with Crippen molar-refractivity contribution in [2.24, 2.45) is 0 Å². The molecule has 3 saturated heterocycles. The maximum atomic E-state index is 12.8. The third-order valence-corrected chi connectivity index (χ3v) is 6.03. The number of amides is 2. The minimum absolute atomic E-state index is 0.0406. The van der Waals surface area contributed by atoms with Gasteiger partial charge in [0.05, 0.1) is 32.4 Å². The fraction of sp³-hybridized carbons (Fsp3) is 0.650. The number of morpholine rings is 1. The van der Waals surface area contributed by atoms with Gasteiger partial charge in [0.15, 0.2) is 0 Å². The molecule has 0 aromatic heterocycles. The lowest BCUT2D eigenvalue weighted by Crippen LogP contribution is -2.51. The van der Waals surface area contributed by atoms with E-state index >= 15 is 0 Å². The van der Waals surface area contributed by atoms with Gasteiger partial charge in [-0.3, -0.25) is 4.90 Å².